The van der Waals surface area contributed by atoms with Gasteiger partial charge in [-0.2, -0.15) is 0 Å². The first-order valence-electron chi connectivity index (χ1n) is 9.09. The van der Waals surface area contributed by atoms with Crippen LogP contribution in [0.5, 0.6) is 0 Å². The smallest absolute Gasteiger partial charge is 0.376 e. The van der Waals surface area contributed by atoms with E-state index in [1.807, 2.05) is 36.4 Å². The molecule has 2 heterocycles. The highest BCUT2D eigenvalue weighted by molar-refractivity contribution is 6.38. The molecule has 2 aromatic heterocycles. The molecule has 0 fully saturated rings. The van der Waals surface area contributed by atoms with Crippen LogP contribution in [0.15, 0.2) is 77.7 Å². The zero-order chi connectivity index (χ0) is 21.3. The average Bonchev–Trinajstić information content (AvgIpc) is 2.75. The molecule has 0 aliphatic rings. The molecule has 2 aromatic carbocycles. The summed E-state index contributed by atoms with van der Waals surface area (Å²) in [4.78, 5) is 39.7. The van der Waals surface area contributed by atoms with Crippen molar-refractivity contribution in [3.05, 3.63) is 94.4 Å². The summed E-state index contributed by atoms with van der Waals surface area (Å²) in [6.45, 7) is 0.304. The number of nitrogens with zero attached hydrogens (tertiary/aromatic N) is 2. The number of aliphatic hydroxyl groups excluding tert-OH is 1. The molecule has 0 saturated carbocycles. The second-order valence-corrected chi connectivity index (χ2v) is 6.71. The van der Waals surface area contributed by atoms with Crippen molar-refractivity contribution >= 4 is 39.3 Å². The maximum absolute atomic E-state index is 12.8. The third kappa shape index (κ3) is 3.56. The highest BCUT2D eigenvalue weighted by Gasteiger charge is 2.16. The first kappa shape index (κ1) is 19.1. The highest BCUT2D eigenvalue weighted by atomic mass is 16.4. The van der Waals surface area contributed by atoms with Crippen LogP contribution < -0.4 is 5.43 Å². The molecule has 0 saturated heterocycles. The number of ketones is 1. The van der Waals surface area contributed by atoms with E-state index in [-0.39, 0.29) is 5.56 Å². The van der Waals surface area contributed by atoms with Crippen molar-refractivity contribution in [2.75, 3.05) is 0 Å². The summed E-state index contributed by atoms with van der Waals surface area (Å²) in [5.41, 5.74) is 1.52. The minimum atomic E-state index is -1.72. The number of aromatic nitrogens is 2. The zero-order valence-electron chi connectivity index (χ0n) is 15.6. The number of carbonyl (C=O) groups is 2. The Morgan fingerprint density at radius 2 is 1.70 bits per heavy atom. The number of carboxylic acid groups (broad SMARTS) is 1. The van der Waals surface area contributed by atoms with Crippen molar-refractivity contribution in [1.82, 2.24) is 9.55 Å². The fourth-order valence-corrected chi connectivity index (χ4v) is 3.29. The maximum atomic E-state index is 12.8. The molecule has 0 aliphatic carbocycles. The van der Waals surface area contributed by atoms with Crippen LogP contribution in [0.2, 0.25) is 0 Å². The zero-order valence-corrected chi connectivity index (χ0v) is 15.6. The standard InChI is InChI=1S/C23H16N2O5/c26-20(11-21(27)23(29)30)17-13-25(19-8-4-2-6-16(19)22(17)28)12-15-10-9-14-5-1-3-7-18(14)24-15/h1-11,13,26H,12H2,(H,29,30). The molecular weight excluding hydrogens is 384 g/mol. The molecule has 0 aliphatic heterocycles. The Kier molecular flexibility index (Phi) is 4.85. The Bertz CT molecular complexity index is 1400. The summed E-state index contributed by atoms with van der Waals surface area (Å²) in [5, 5.41) is 20.3. The van der Waals surface area contributed by atoms with Gasteiger partial charge in [-0.25, -0.2) is 4.79 Å². The largest absolute Gasteiger partial charge is 0.507 e. The van der Waals surface area contributed by atoms with E-state index in [2.05, 4.69) is 4.98 Å². The Hall–Kier alpha value is -4.26. The van der Waals surface area contributed by atoms with Crippen LogP contribution in [0.25, 0.3) is 27.6 Å². The number of para-hydroxylation sites is 2. The summed E-state index contributed by atoms with van der Waals surface area (Å²) in [5.74, 6) is -3.73. The summed E-state index contributed by atoms with van der Waals surface area (Å²) >= 11 is 0. The van der Waals surface area contributed by atoms with Crippen LogP contribution in [-0.4, -0.2) is 31.5 Å². The highest BCUT2D eigenvalue weighted by Crippen LogP contribution is 2.18. The summed E-state index contributed by atoms with van der Waals surface area (Å²) < 4.78 is 1.73. The molecule has 30 heavy (non-hydrogen) atoms. The van der Waals surface area contributed by atoms with E-state index in [0.29, 0.717) is 23.5 Å². The second kappa shape index (κ2) is 7.63. The van der Waals surface area contributed by atoms with Gasteiger partial charge in [0.1, 0.15) is 5.76 Å². The van der Waals surface area contributed by atoms with E-state index in [1.165, 1.54) is 6.20 Å². The first-order valence-corrected chi connectivity index (χ1v) is 9.09. The van der Waals surface area contributed by atoms with Gasteiger partial charge in [-0.3, -0.25) is 14.6 Å². The van der Waals surface area contributed by atoms with Gasteiger partial charge in [0.15, 0.2) is 5.43 Å². The molecule has 0 bridgehead atoms. The van der Waals surface area contributed by atoms with E-state index >= 15 is 0 Å². The van der Waals surface area contributed by atoms with Crippen molar-refractivity contribution in [2.24, 2.45) is 0 Å². The first-order chi connectivity index (χ1) is 14.4. The maximum Gasteiger partial charge on any atom is 0.376 e. The van der Waals surface area contributed by atoms with Gasteiger partial charge >= 0.3 is 5.97 Å². The monoisotopic (exact) mass is 400 g/mol. The van der Waals surface area contributed by atoms with E-state index in [4.69, 9.17) is 5.11 Å². The molecular formula is C23H16N2O5. The van der Waals surface area contributed by atoms with Crippen LogP contribution in [0.3, 0.4) is 0 Å². The van der Waals surface area contributed by atoms with Gasteiger partial charge in [-0.15, -0.1) is 0 Å². The molecule has 2 N–H and O–H groups in total. The molecule has 4 aromatic rings. The van der Waals surface area contributed by atoms with Crippen LogP contribution in [0.1, 0.15) is 11.3 Å². The van der Waals surface area contributed by atoms with Gasteiger partial charge in [0.25, 0.3) is 5.78 Å². The van der Waals surface area contributed by atoms with Gasteiger partial charge in [0.05, 0.1) is 28.8 Å². The number of aliphatic hydroxyl groups is 1. The minimum Gasteiger partial charge on any atom is -0.507 e. The van der Waals surface area contributed by atoms with E-state index < -0.39 is 22.9 Å². The number of carboxylic acids is 1. The Balaban J connectivity index is 1.86. The average molecular weight is 400 g/mol. The molecule has 0 atom stereocenters. The summed E-state index contributed by atoms with van der Waals surface area (Å²) in [6.07, 6.45) is 1.94. The van der Waals surface area contributed by atoms with Crippen LogP contribution in [0, 0.1) is 0 Å². The van der Waals surface area contributed by atoms with E-state index in [9.17, 15) is 19.5 Å². The lowest BCUT2D eigenvalue weighted by Gasteiger charge is -2.13. The number of pyridine rings is 2. The number of benzene rings is 2. The molecule has 0 spiro atoms. The van der Waals surface area contributed by atoms with E-state index in [0.717, 1.165) is 16.6 Å². The third-order valence-corrected chi connectivity index (χ3v) is 4.73. The number of hydrogen-bond acceptors (Lipinski definition) is 5. The minimum absolute atomic E-state index is 0.163. The molecule has 4 rings (SSSR count). The Labute approximate surface area is 170 Å². The predicted octanol–water partition coefficient (Wildman–Crippen LogP) is 3.15. The molecule has 148 valence electrons. The lowest BCUT2D eigenvalue weighted by molar-refractivity contribution is -0.146. The topological polar surface area (TPSA) is 109 Å². The summed E-state index contributed by atoms with van der Waals surface area (Å²) in [7, 11) is 0. The van der Waals surface area contributed by atoms with Gasteiger partial charge in [-0.05, 0) is 24.3 Å². The van der Waals surface area contributed by atoms with Gasteiger partial charge in [0, 0.05) is 23.0 Å². The SMILES string of the molecule is O=C(O)C(=O)C=C(O)c1cn(Cc2ccc3ccccc3n2)c2ccccc2c1=O. The fourth-order valence-electron chi connectivity index (χ4n) is 3.29. The van der Waals surface area contributed by atoms with Crippen molar-refractivity contribution < 1.29 is 19.8 Å². The van der Waals surface area contributed by atoms with Gasteiger partial charge < -0.3 is 14.8 Å². The number of fused-ring (bicyclic) bond motifs is 2. The number of hydrogen-bond donors (Lipinski definition) is 2. The van der Waals surface area contributed by atoms with Crippen molar-refractivity contribution in [3.8, 4) is 0 Å². The lowest BCUT2D eigenvalue weighted by atomic mass is 10.1. The molecule has 0 radical (unpaired) electrons. The van der Waals surface area contributed by atoms with Crippen LogP contribution >= 0.6 is 0 Å². The van der Waals surface area contributed by atoms with Crippen molar-refractivity contribution in [2.45, 2.75) is 6.54 Å². The van der Waals surface area contributed by atoms with Gasteiger partial charge in [-0.1, -0.05) is 36.4 Å². The second-order valence-electron chi connectivity index (χ2n) is 6.71. The lowest BCUT2D eigenvalue weighted by Crippen LogP contribution is -2.17. The number of carbonyl (C=O) groups excluding carboxylic acids is 1. The molecule has 7 nitrogen and oxygen atoms in total. The Morgan fingerprint density at radius 3 is 2.50 bits per heavy atom. The summed E-state index contributed by atoms with van der Waals surface area (Å²) in [6, 6.07) is 18.4. The predicted molar refractivity (Wildman–Crippen MR) is 112 cm³/mol. The quantitative estimate of drug-likeness (QED) is 0.303. The van der Waals surface area contributed by atoms with Crippen LogP contribution in [-0.2, 0) is 16.1 Å². The Morgan fingerprint density at radius 1 is 0.967 bits per heavy atom. The van der Waals surface area contributed by atoms with Crippen molar-refractivity contribution in [1.29, 1.82) is 0 Å². The number of aliphatic carboxylic acids is 1. The third-order valence-electron chi connectivity index (χ3n) is 4.73. The molecule has 0 amide bonds. The fraction of sp³-hybridized carbons (Fsp3) is 0.0435. The van der Waals surface area contributed by atoms with E-state index in [1.54, 1.807) is 28.8 Å². The molecule has 7 heteroatoms. The van der Waals surface area contributed by atoms with Gasteiger partial charge in [0.2, 0.25) is 0 Å². The number of rotatable bonds is 5. The van der Waals surface area contributed by atoms with Crippen LogP contribution in [0.4, 0.5) is 0 Å². The van der Waals surface area contributed by atoms with Crippen molar-refractivity contribution in [3.63, 3.8) is 0 Å². The normalized spacial score (nSPS) is 11.7. The molecule has 0 unspecified atom stereocenters.